The monoisotopic (exact) mass is 557 g/mol. The molecule has 40 heavy (non-hydrogen) atoms. The molecule has 0 saturated carbocycles. The van der Waals surface area contributed by atoms with E-state index in [1.54, 1.807) is 30.5 Å². The van der Waals surface area contributed by atoms with Crippen LogP contribution in [0.15, 0.2) is 75.7 Å². The van der Waals surface area contributed by atoms with Crippen LogP contribution in [0.3, 0.4) is 0 Å². The lowest BCUT2D eigenvalue weighted by Gasteiger charge is -2.25. The fraction of sp³-hybridized carbons (Fsp3) is 0.281. The average molecular weight is 558 g/mol. The van der Waals surface area contributed by atoms with E-state index in [-0.39, 0.29) is 18.0 Å². The molecule has 8 heteroatoms. The lowest BCUT2D eigenvalue weighted by Crippen LogP contribution is -2.39. The summed E-state index contributed by atoms with van der Waals surface area (Å²) in [6, 6.07) is 15.7. The van der Waals surface area contributed by atoms with Gasteiger partial charge < -0.3 is 9.30 Å². The van der Waals surface area contributed by atoms with Gasteiger partial charge in [0.1, 0.15) is 5.82 Å². The van der Waals surface area contributed by atoms with Crippen LogP contribution in [0.5, 0.6) is 0 Å². The summed E-state index contributed by atoms with van der Waals surface area (Å²) < 4.78 is 23.1. The van der Waals surface area contributed by atoms with Gasteiger partial charge in [-0.15, -0.1) is 0 Å². The summed E-state index contributed by atoms with van der Waals surface area (Å²) in [5.74, 6) is -0.413. The van der Waals surface area contributed by atoms with Crippen LogP contribution in [0.1, 0.15) is 67.7 Å². The summed E-state index contributed by atoms with van der Waals surface area (Å²) in [7, 11) is 0. The fourth-order valence-electron chi connectivity index (χ4n) is 5.23. The van der Waals surface area contributed by atoms with Gasteiger partial charge in [-0.05, 0) is 86.7 Å². The Bertz CT molecular complexity index is 1810. The molecule has 0 fully saturated rings. The molecule has 0 saturated heterocycles. The van der Waals surface area contributed by atoms with E-state index >= 15 is 0 Å². The number of aromatic nitrogens is 2. The number of nitrogens with zero attached hydrogens (tertiary/aromatic N) is 3. The van der Waals surface area contributed by atoms with E-state index in [0.717, 1.165) is 28.2 Å². The highest BCUT2D eigenvalue weighted by Crippen LogP contribution is 2.31. The number of halogens is 1. The maximum atomic E-state index is 14.0. The van der Waals surface area contributed by atoms with Crippen molar-refractivity contribution in [2.24, 2.45) is 4.99 Å². The molecule has 6 nitrogen and oxygen atoms in total. The molecule has 0 amide bonds. The first-order valence-electron chi connectivity index (χ1n) is 13.3. The standard InChI is InChI=1S/C32H32FN3O3S/c1-7-39-31(38)28-20(5)34-32-36(29(28)23-10-8-22(9-11-23)18(2)3)30(37)27(40-32)17-24-16-19(4)35(21(24)6)26-14-12-25(33)13-15-26/h8-18,29H,7H2,1-6H3/b27-17+. The molecule has 1 aliphatic heterocycles. The number of fused-ring (bicyclic) bond motifs is 1. The smallest absolute Gasteiger partial charge is 0.338 e. The quantitative estimate of drug-likeness (QED) is 0.296. The number of thiazole rings is 1. The van der Waals surface area contributed by atoms with Crippen molar-refractivity contribution in [2.75, 3.05) is 6.61 Å². The predicted octanol–water partition coefficient (Wildman–Crippen LogP) is 5.47. The van der Waals surface area contributed by atoms with Crippen molar-refractivity contribution < 1.29 is 13.9 Å². The van der Waals surface area contributed by atoms with Crippen LogP contribution in [0.2, 0.25) is 0 Å². The topological polar surface area (TPSA) is 65.6 Å². The zero-order chi connectivity index (χ0) is 28.7. The van der Waals surface area contributed by atoms with Crippen LogP contribution in [0.25, 0.3) is 11.8 Å². The van der Waals surface area contributed by atoms with Crippen LogP contribution >= 0.6 is 11.3 Å². The zero-order valence-electron chi connectivity index (χ0n) is 23.5. The van der Waals surface area contributed by atoms with Crippen molar-refractivity contribution in [1.29, 1.82) is 0 Å². The summed E-state index contributed by atoms with van der Waals surface area (Å²) in [6.07, 6.45) is 1.87. The SMILES string of the molecule is CCOC(=O)C1=C(C)N=c2s/c(=C/c3cc(C)n(-c4ccc(F)cc4)c3C)c(=O)n2C1c1ccc(C(C)C)cc1. The Morgan fingerprint density at radius 3 is 2.40 bits per heavy atom. The average Bonchev–Trinajstić information content (AvgIpc) is 3.38. The Balaban J connectivity index is 1.67. The number of benzene rings is 2. The van der Waals surface area contributed by atoms with Crippen molar-refractivity contribution >= 4 is 23.4 Å². The molecule has 0 aliphatic carbocycles. The first-order valence-corrected chi connectivity index (χ1v) is 14.2. The van der Waals surface area contributed by atoms with Crippen molar-refractivity contribution in [3.63, 3.8) is 0 Å². The van der Waals surface area contributed by atoms with E-state index in [9.17, 15) is 14.0 Å². The van der Waals surface area contributed by atoms with Gasteiger partial charge in [-0.2, -0.15) is 0 Å². The molecule has 5 rings (SSSR count). The number of carbonyl (C=O) groups is 1. The first kappa shape index (κ1) is 27.5. The summed E-state index contributed by atoms with van der Waals surface area (Å²) in [6.45, 7) is 12.0. The van der Waals surface area contributed by atoms with Gasteiger partial charge >= 0.3 is 5.97 Å². The molecule has 4 aromatic rings. The highest BCUT2D eigenvalue weighted by Gasteiger charge is 2.33. The molecular weight excluding hydrogens is 525 g/mol. The fourth-order valence-corrected chi connectivity index (χ4v) is 6.27. The molecule has 1 atom stereocenters. The molecule has 3 heterocycles. The van der Waals surface area contributed by atoms with E-state index < -0.39 is 12.0 Å². The molecule has 0 N–H and O–H groups in total. The second-order valence-corrected chi connectivity index (χ2v) is 11.3. The van der Waals surface area contributed by atoms with Gasteiger partial charge in [0.15, 0.2) is 4.80 Å². The number of ether oxygens (including phenoxy) is 1. The van der Waals surface area contributed by atoms with Gasteiger partial charge in [-0.25, -0.2) is 14.2 Å². The van der Waals surface area contributed by atoms with Gasteiger partial charge in [-0.1, -0.05) is 49.4 Å². The second kappa shape index (κ2) is 10.8. The molecule has 2 aromatic carbocycles. The maximum Gasteiger partial charge on any atom is 0.338 e. The largest absolute Gasteiger partial charge is 0.463 e. The second-order valence-electron chi connectivity index (χ2n) is 10.3. The first-order chi connectivity index (χ1) is 19.1. The van der Waals surface area contributed by atoms with Gasteiger partial charge in [0.05, 0.1) is 28.5 Å². The number of hydrogen-bond donors (Lipinski definition) is 0. The highest BCUT2D eigenvalue weighted by molar-refractivity contribution is 7.07. The van der Waals surface area contributed by atoms with E-state index in [4.69, 9.17) is 4.74 Å². The van der Waals surface area contributed by atoms with Crippen molar-refractivity contribution in [3.8, 4) is 5.69 Å². The van der Waals surface area contributed by atoms with E-state index in [1.165, 1.54) is 29.0 Å². The third kappa shape index (κ3) is 4.88. The van der Waals surface area contributed by atoms with Gasteiger partial charge in [-0.3, -0.25) is 9.36 Å². The maximum absolute atomic E-state index is 14.0. The number of carbonyl (C=O) groups excluding carboxylic acids is 1. The summed E-state index contributed by atoms with van der Waals surface area (Å²) in [5, 5.41) is 0. The van der Waals surface area contributed by atoms with Crippen LogP contribution < -0.4 is 14.9 Å². The minimum Gasteiger partial charge on any atom is -0.463 e. The molecule has 2 aromatic heterocycles. The number of rotatable bonds is 6. The minimum absolute atomic E-state index is 0.220. The van der Waals surface area contributed by atoms with E-state index in [0.29, 0.717) is 26.5 Å². The Morgan fingerprint density at radius 1 is 1.10 bits per heavy atom. The molecule has 0 bridgehead atoms. The lowest BCUT2D eigenvalue weighted by molar-refractivity contribution is -0.139. The summed E-state index contributed by atoms with van der Waals surface area (Å²) in [5.41, 5.74) is 6.30. The Morgan fingerprint density at radius 2 is 1.77 bits per heavy atom. The van der Waals surface area contributed by atoms with Gasteiger partial charge in [0.25, 0.3) is 5.56 Å². The number of hydrogen-bond acceptors (Lipinski definition) is 5. The zero-order valence-corrected chi connectivity index (χ0v) is 24.3. The van der Waals surface area contributed by atoms with E-state index in [2.05, 4.69) is 18.8 Å². The number of aryl methyl sites for hydroxylation is 1. The molecule has 206 valence electrons. The Kier molecular flexibility index (Phi) is 7.47. The molecular formula is C32H32FN3O3S. The van der Waals surface area contributed by atoms with Crippen molar-refractivity contribution in [1.82, 2.24) is 9.13 Å². The third-order valence-electron chi connectivity index (χ3n) is 7.28. The van der Waals surface area contributed by atoms with Crippen LogP contribution in [0, 0.1) is 19.7 Å². The molecule has 1 unspecified atom stereocenters. The van der Waals surface area contributed by atoms with Crippen molar-refractivity contribution in [3.05, 3.63) is 119 Å². The highest BCUT2D eigenvalue weighted by atomic mass is 32.1. The number of esters is 1. The van der Waals surface area contributed by atoms with Crippen molar-refractivity contribution in [2.45, 2.75) is 53.5 Å². The minimum atomic E-state index is -0.648. The molecule has 0 radical (unpaired) electrons. The predicted molar refractivity (Wildman–Crippen MR) is 156 cm³/mol. The van der Waals surface area contributed by atoms with Gasteiger partial charge in [0.2, 0.25) is 0 Å². The summed E-state index contributed by atoms with van der Waals surface area (Å²) in [4.78, 5) is 32.3. The number of allylic oxidation sites excluding steroid dienone is 1. The van der Waals surface area contributed by atoms with Crippen LogP contribution in [-0.4, -0.2) is 21.7 Å². The van der Waals surface area contributed by atoms with E-state index in [1.807, 2.05) is 54.8 Å². The molecule has 1 aliphatic rings. The summed E-state index contributed by atoms with van der Waals surface area (Å²) >= 11 is 1.30. The lowest BCUT2D eigenvalue weighted by atomic mass is 9.93. The molecule has 0 spiro atoms. The third-order valence-corrected chi connectivity index (χ3v) is 8.26. The van der Waals surface area contributed by atoms with Gasteiger partial charge in [0, 0.05) is 17.1 Å². The normalized spacial score (nSPS) is 15.4. The Hall–Kier alpha value is -4.04. The van der Waals surface area contributed by atoms with Crippen LogP contribution in [-0.2, 0) is 9.53 Å². The van der Waals surface area contributed by atoms with Crippen LogP contribution in [0.4, 0.5) is 4.39 Å². The Labute approximate surface area is 236 Å².